The third kappa shape index (κ3) is 2.75. The average molecular weight is 318 g/mol. The first-order chi connectivity index (χ1) is 10.5. The number of aromatic nitrogens is 2. The molecule has 0 N–H and O–H groups in total. The maximum absolute atomic E-state index is 12.9. The highest BCUT2D eigenvalue weighted by Gasteiger charge is 2.35. The number of anilines is 1. The van der Waals surface area contributed by atoms with Gasteiger partial charge >= 0.3 is 0 Å². The van der Waals surface area contributed by atoms with Crippen LogP contribution in [-0.2, 0) is 17.3 Å². The summed E-state index contributed by atoms with van der Waals surface area (Å²) in [5, 5.41) is 6.25. The van der Waals surface area contributed by atoms with Gasteiger partial charge in [-0.2, -0.15) is 5.10 Å². The molecule has 0 saturated carbocycles. The van der Waals surface area contributed by atoms with Crippen LogP contribution in [-0.4, -0.2) is 46.8 Å². The van der Waals surface area contributed by atoms with Gasteiger partial charge in [0.05, 0.1) is 17.3 Å². The third-order valence-electron chi connectivity index (χ3n) is 4.30. The van der Waals surface area contributed by atoms with Gasteiger partial charge in [-0.05, 0) is 25.3 Å². The first-order valence-electron chi connectivity index (χ1n) is 7.55. The smallest absolute Gasteiger partial charge is 0.233 e. The van der Waals surface area contributed by atoms with Crippen LogP contribution in [0.3, 0.4) is 0 Å². The molecule has 0 aromatic carbocycles. The summed E-state index contributed by atoms with van der Waals surface area (Å²) in [5.74, 6) is 0.223. The lowest BCUT2D eigenvalue weighted by Crippen LogP contribution is -2.53. The van der Waals surface area contributed by atoms with Crippen molar-refractivity contribution in [3.05, 3.63) is 34.8 Å². The monoisotopic (exact) mass is 318 g/mol. The highest BCUT2D eigenvalue weighted by atomic mass is 32.1. The first kappa shape index (κ1) is 15.1. The molecule has 3 rings (SSSR count). The predicted octanol–water partition coefficient (Wildman–Crippen LogP) is 2.11. The van der Waals surface area contributed by atoms with E-state index >= 15 is 0 Å². The zero-order valence-electron chi connectivity index (χ0n) is 13.3. The van der Waals surface area contributed by atoms with Gasteiger partial charge in [-0.25, -0.2) is 0 Å². The molecular weight excluding hydrogens is 296 g/mol. The van der Waals surface area contributed by atoms with Gasteiger partial charge in [-0.3, -0.25) is 9.48 Å². The molecule has 1 fully saturated rings. The Labute approximate surface area is 135 Å². The van der Waals surface area contributed by atoms with Crippen molar-refractivity contribution in [2.75, 3.05) is 31.1 Å². The molecule has 2 aromatic rings. The molecule has 118 valence electrons. The molecule has 1 aliphatic rings. The second-order valence-corrected chi connectivity index (χ2v) is 7.20. The van der Waals surface area contributed by atoms with Crippen LogP contribution in [0.15, 0.2) is 29.9 Å². The fraction of sp³-hybridized carbons (Fsp3) is 0.500. The van der Waals surface area contributed by atoms with Crippen LogP contribution in [0.25, 0.3) is 0 Å². The molecule has 0 aliphatic carbocycles. The molecule has 0 spiro atoms. The van der Waals surface area contributed by atoms with Gasteiger partial charge in [0.15, 0.2) is 0 Å². The second-order valence-electron chi connectivity index (χ2n) is 6.25. The predicted molar refractivity (Wildman–Crippen MR) is 89.3 cm³/mol. The molecule has 0 radical (unpaired) electrons. The van der Waals surface area contributed by atoms with Gasteiger partial charge in [-0.1, -0.05) is 6.07 Å². The third-order valence-corrected chi connectivity index (χ3v) is 5.49. The van der Waals surface area contributed by atoms with Gasteiger partial charge in [-0.15, -0.1) is 11.3 Å². The summed E-state index contributed by atoms with van der Waals surface area (Å²) in [6.07, 6.45) is 3.90. The molecule has 0 unspecified atom stereocenters. The summed E-state index contributed by atoms with van der Waals surface area (Å²) >= 11 is 1.65. The van der Waals surface area contributed by atoms with Crippen LogP contribution in [0.5, 0.6) is 0 Å². The fourth-order valence-electron chi connectivity index (χ4n) is 2.87. The number of carbonyl (C=O) groups excluding carboxylic acids is 1. The highest BCUT2D eigenvalue weighted by Crippen LogP contribution is 2.30. The molecule has 1 saturated heterocycles. The molecule has 6 heteroatoms. The van der Waals surface area contributed by atoms with E-state index in [0.29, 0.717) is 0 Å². The van der Waals surface area contributed by atoms with Crippen molar-refractivity contribution in [1.82, 2.24) is 14.7 Å². The van der Waals surface area contributed by atoms with E-state index in [-0.39, 0.29) is 5.91 Å². The van der Waals surface area contributed by atoms with E-state index in [2.05, 4.69) is 16.1 Å². The topological polar surface area (TPSA) is 41.4 Å². The van der Waals surface area contributed by atoms with Crippen molar-refractivity contribution in [1.29, 1.82) is 0 Å². The van der Waals surface area contributed by atoms with E-state index in [1.54, 1.807) is 11.3 Å². The van der Waals surface area contributed by atoms with E-state index in [0.717, 1.165) is 36.7 Å². The zero-order chi connectivity index (χ0) is 15.7. The van der Waals surface area contributed by atoms with Crippen LogP contribution in [0.2, 0.25) is 0 Å². The fourth-order valence-corrected chi connectivity index (χ4v) is 3.72. The van der Waals surface area contributed by atoms with Gasteiger partial charge < -0.3 is 9.80 Å². The molecule has 1 aliphatic heterocycles. The highest BCUT2D eigenvalue weighted by molar-refractivity contribution is 7.10. The SMILES string of the molecule is Cn1cc(N2CCN(C(=O)C(C)(C)c3cccs3)CC2)cn1. The number of thiophene rings is 1. The molecule has 0 atom stereocenters. The lowest BCUT2D eigenvalue weighted by Gasteiger charge is -2.38. The van der Waals surface area contributed by atoms with E-state index in [4.69, 9.17) is 0 Å². The van der Waals surface area contributed by atoms with Crippen molar-refractivity contribution < 1.29 is 4.79 Å². The summed E-state index contributed by atoms with van der Waals surface area (Å²) in [6.45, 7) is 7.30. The van der Waals surface area contributed by atoms with Crippen molar-refractivity contribution in [2.45, 2.75) is 19.3 Å². The summed E-state index contributed by atoms with van der Waals surface area (Å²) < 4.78 is 1.81. The number of hydrogen-bond acceptors (Lipinski definition) is 4. The van der Waals surface area contributed by atoms with Crippen molar-refractivity contribution in [2.24, 2.45) is 7.05 Å². The molecule has 5 nitrogen and oxygen atoms in total. The summed E-state index contributed by atoms with van der Waals surface area (Å²) in [7, 11) is 1.92. The molecule has 1 amide bonds. The zero-order valence-corrected chi connectivity index (χ0v) is 14.1. The van der Waals surface area contributed by atoms with Crippen LogP contribution in [0.1, 0.15) is 18.7 Å². The molecular formula is C16H22N4OS. The molecule has 2 aromatic heterocycles. The van der Waals surface area contributed by atoms with Crippen molar-refractivity contribution in [3.8, 4) is 0 Å². The number of aryl methyl sites for hydroxylation is 1. The van der Waals surface area contributed by atoms with Crippen molar-refractivity contribution in [3.63, 3.8) is 0 Å². The van der Waals surface area contributed by atoms with Crippen molar-refractivity contribution >= 4 is 22.9 Å². The number of hydrogen-bond donors (Lipinski definition) is 0. The normalized spacial score (nSPS) is 16.1. The van der Waals surface area contributed by atoms with E-state index in [1.807, 2.05) is 54.3 Å². The second kappa shape index (κ2) is 5.76. The van der Waals surface area contributed by atoms with Crippen LogP contribution >= 0.6 is 11.3 Å². The maximum Gasteiger partial charge on any atom is 0.233 e. The van der Waals surface area contributed by atoms with E-state index < -0.39 is 5.41 Å². The number of rotatable bonds is 3. The molecule has 3 heterocycles. The Morgan fingerprint density at radius 2 is 2.00 bits per heavy atom. The lowest BCUT2D eigenvalue weighted by atomic mass is 9.89. The maximum atomic E-state index is 12.9. The average Bonchev–Trinajstić information content (AvgIpc) is 3.18. The number of amides is 1. The number of piperazine rings is 1. The minimum atomic E-state index is -0.440. The minimum absolute atomic E-state index is 0.223. The lowest BCUT2D eigenvalue weighted by molar-refractivity contribution is -0.136. The Morgan fingerprint density at radius 1 is 1.27 bits per heavy atom. The summed E-state index contributed by atoms with van der Waals surface area (Å²) in [4.78, 5) is 18.3. The minimum Gasteiger partial charge on any atom is -0.365 e. The van der Waals surface area contributed by atoms with Gasteiger partial charge in [0.2, 0.25) is 5.91 Å². The van der Waals surface area contributed by atoms with E-state index in [9.17, 15) is 4.79 Å². The van der Waals surface area contributed by atoms with Crippen LogP contribution in [0.4, 0.5) is 5.69 Å². The summed E-state index contributed by atoms with van der Waals surface area (Å²) in [5.41, 5.74) is 0.692. The van der Waals surface area contributed by atoms with Gasteiger partial charge in [0, 0.05) is 44.3 Å². The Morgan fingerprint density at radius 3 is 2.55 bits per heavy atom. The molecule has 0 bridgehead atoms. The first-order valence-corrected chi connectivity index (χ1v) is 8.43. The molecule has 22 heavy (non-hydrogen) atoms. The standard InChI is InChI=1S/C16H22N4OS/c1-16(2,14-5-4-10-22-14)15(21)20-8-6-19(7-9-20)13-11-17-18(3)12-13/h4-5,10-12H,6-9H2,1-3H3. The van der Waals surface area contributed by atoms with Gasteiger partial charge in [0.1, 0.15) is 0 Å². The largest absolute Gasteiger partial charge is 0.365 e. The number of nitrogens with zero attached hydrogens (tertiary/aromatic N) is 4. The number of carbonyl (C=O) groups is 1. The quantitative estimate of drug-likeness (QED) is 0.870. The van der Waals surface area contributed by atoms with Crippen LogP contribution < -0.4 is 4.90 Å². The van der Waals surface area contributed by atoms with Gasteiger partial charge in [0.25, 0.3) is 0 Å². The van der Waals surface area contributed by atoms with E-state index in [1.165, 1.54) is 0 Å². The Kier molecular flexibility index (Phi) is 3.95. The Bertz CT molecular complexity index is 639. The Balaban J connectivity index is 1.65. The Hall–Kier alpha value is -1.82. The van der Waals surface area contributed by atoms with Crippen LogP contribution in [0, 0.1) is 0 Å². The summed E-state index contributed by atoms with van der Waals surface area (Å²) in [6, 6.07) is 4.06.